The molecule has 1 aliphatic rings. The number of hydrogen-bond donors (Lipinski definition) is 2. The molecule has 0 atom stereocenters. The molecule has 0 aromatic heterocycles. The Morgan fingerprint density at radius 2 is 2.31 bits per heavy atom. The Hall–Kier alpha value is -1.75. The van der Waals surface area contributed by atoms with Crippen LogP contribution in [-0.2, 0) is 4.74 Å². The minimum Gasteiger partial charge on any atom is -0.504 e. The lowest BCUT2D eigenvalue weighted by atomic mass is 10.1. The van der Waals surface area contributed by atoms with Gasteiger partial charge < -0.3 is 19.9 Å². The molecule has 2 N–H and O–H groups in total. The summed E-state index contributed by atoms with van der Waals surface area (Å²) in [5.74, 6) is 0.0924. The summed E-state index contributed by atoms with van der Waals surface area (Å²) in [6.45, 7) is 1.10. The maximum absolute atomic E-state index is 11.7. The smallest absolute Gasteiger partial charge is 0.251 e. The van der Waals surface area contributed by atoms with E-state index in [1.165, 1.54) is 13.2 Å². The van der Waals surface area contributed by atoms with Crippen LogP contribution in [0, 0.1) is 0 Å². The van der Waals surface area contributed by atoms with Crippen molar-refractivity contribution in [3.05, 3.63) is 23.8 Å². The Kier molecular flexibility index (Phi) is 2.96. The van der Waals surface area contributed by atoms with Crippen LogP contribution in [0.3, 0.4) is 0 Å². The number of carbonyl (C=O) groups is 1. The SMILES string of the molecule is COc1ccc(C(=O)NC2COC2)cc1O. The first-order valence-corrected chi connectivity index (χ1v) is 4.96. The van der Waals surface area contributed by atoms with Gasteiger partial charge in [-0.15, -0.1) is 0 Å². The molecule has 16 heavy (non-hydrogen) atoms. The van der Waals surface area contributed by atoms with Crippen molar-refractivity contribution in [2.24, 2.45) is 0 Å². The van der Waals surface area contributed by atoms with Gasteiger partial charge in [-0.1, -0.05) is 0 Å². The molecule has 2 rings (SSSR count). The first-order chi connectivity index (χ1) is 7.70. The van der Waals surface area contributed by atoms with Gasteiger partial charge in [-0.25, -0.2) is 0 Å². The van der Waals surface area contributed by atoms with Crippen molar-refractivity contribution in [2.75, 3.05) is 20.3 Å². The van der Waals surface area contributed by atoms with E-state index in [2.05, 4.69) is 5.32 Å². The molecule has 1 heterocycles. The van der Waals surface area contributed by atoms with Gasteiger partial charge in [0, 0.05) is 5.56 Å². The summed E-state index contributed by atoms with van der Waals surface area (Å²) in [4.78, 5) is 11.7. The molecule has 0 radical (unpaired) electrons. The monoisotopic (exact) mass is 223 g/mol. The number of methoxy groups -OCH3 is 1. The second-order valence-electron chi connectivity index (χ2n) is 3.59. The Morgan fingerprint density at radius 3 is 2.81 bits per heavy atom. The minimum atomic E-state index is -0.216. The van der Waals surface area contributed by atoms with Crippen molar-refractivity contribution in [3.8, 4) is 11.5 Å². The molecule has 0 saturated carbocycles. The summed E-state index contributed by atoms with van der Waals surface area (Å²) in [5.41, 5.74) is 0.408. The number of nitrogens with one attached hydrogen (secondary N) is 1. The summed E-state index contributed by atoms with van der Waals surface area (Å²) >= 11 is 0. The normalized spacial score (nSPS) is 15.3. The number of ether oxygens (including phenoxy) is 2. The molecular formula is C11H13NO4. The second kappa shape index (κ2) is 4.40. The van der Waals surface area contributed by atoms with Crippen LogP contribution >= 0.6 is 0 Å². The zero-order valence-electron chi connectivity index (χ0n) is 8.90. The topological polar surface area (TPSA) is 67.8 Å². The fraction of sp³-hybridized carbons (Fsp3) is 0.364. The number of phenolic OH excluding ortho intramolecular Hbond substituents is 1. The third-order valence-electron chi connectivity index (χ3n) is 2.41. The number of phenols is 1. The zero-order valence-corrected chi connectivity index (χ0v) is 8.90. The molecule has 0 unspecified atom stereocenters. The highest BCUT2D eigenvalue weighted by Crippen LogP contribution is 2.26. The van der Waals surface area contributed by atoms with Crippen molar-refractivity contribution in [3.63, 3.8) is 0 Å². The van der Waals surface area contributed by atoms with Crippen LogP contribution < -0.4 is 10.1 Å². The van der Waals surface area contributed by atoms with Crippen LogP contribution in [0.2, 0.25) is 0 Å². The first kappa shape index (κ1) is 10.8. The lowest BCUT2D eigenvalue weighted by Crippen LogP contribution is -2.48. The maximum Gasteiger partial charge on any atom is 0.251 e. The Morgan fingerprint density at radius 1 is 1.56 bits per heavy atom. The standard InChI is InChI=1S/C11H13NO4/c1-15-10-3-2-7(4-9(10)13)11(14)12-8-5-16-6-8/h2-4,8,13H,5-6H2,1H3,(H,12,14). The molecule has 5 nitrogen and oxygen atoms in total. The summed E-state index contributed by atoms with van der Waals surface area (Å²) in [6.07, 6.45) is 0. The Balaban J connectivity index is 2.07. The van der Waals surface area contributed by atoms with Crippen LogP contribution in [0.4, 0.5) is 0 Å². The van der Waals surface area contributed by atoms with Crippen LogP contribution in [0.25, 0.3) is 0 Å². The molecule has 1 saturated heterocycles. The van der Waals surface area contributed by atoms with E-state index >= 15 is 0 Å². The lowest BCUT2D eigenvalue weighted by molar-refractivity contribution is -0.00346. The third kappa shape index (κ3) is 2.09. The highest BCUT2D eigenvalue weighted by Gasteiger charge is 2.21. The van der Waals surface area contributed by atoms with Crippen molar-refractivity contribution in [1.82, 2.24) is 5.32 Å². The minimum absolute atomic E-state index is 0.0417. The van der Waals surface area contributed by atoms with Gasteiger partial charge in [0.2, 0.25) is 0 Å². The van der Waals surface area contributed by atoms with Gasteiger partial charge in [-0.3, -0.25) is 4.79 Å². The quantitative estimate of drug-likeness (QED) is 0.784. The summed E-state index contributed by atoms with van der Waals surface area (Å²) in [6, 6.07) is 4.62. The summed E-state index contributed by atoms with van der Waals surface area (Å²) in [7, 11) is 1.46. The van der Waals surface area contributed by atoms with E-state index in [1.807, 2.05) is 0 Å². The van der Waals surface area contributed by atoms with Crippen LogP contribution in [0.15, 0.2) is 18.2 Å². The number of hydrogen-bond acceptors (Lipinski definition) is 4. The molecule has 0 aliphatic carbocycles. The summed E-state index contributed by atoms with van der Waals surface area (Å²) in [5, 5.41) is 12.3. The van der Waals surface area contributed by atoms with Gasteiger partial charge in [0.15, 0.2) is 11.5 Å². The number of amides is 1. The lowest BCUT2D eigenvalue weighted by Gasteiger charge is -2.26. The largest absolute Gasteiger partial charge is 0.504 e. The zero-order chi connectivity index (χ0) is 11.5. The van der Waals surface area contributed by atoms with E-state index in [0.29, 0.717) is 24.5 Å². The highest BCUT2D eigenvalue weighted by molar-refractivity contribution is 5.95. The predicted molar refractivity (Wildman–Crippen MR) is 56.7 cm³/mol. The number of benzene rings is 1. The number of rotatable bonds is 3. The fourth-order valence-corrected chi connectivity index (χ4v) is 1.42. The van der Waals surface area contributed by atoms with E-state index in [0.717, 1.165) is 0 Å². The van der Waals surface area contributed by atoms with E-state index in [-0.39, 0.29) is 17.7 Å². The van der Waals surface area contributed by atoms with Gasteiger partial charge in [0.05, 0.1) is 26.4 Å². The molecule has 5 heteroatoms. The Bertz CT molecular complexity index is 401. The predicted octanol–water partition coefficient (Wildman–Crippen LogP) is 0.529. The fourth-order valence-electron chi connectivity index (χ4n) is 1.42. The average Bonchev–Trinajstić information content (AvgIpc) is 2.23. The van der Waals surface area contributed by atoms with Crippen LogP contribution in [-0.4, -0.2) is 37.4 Å². The van der Waals surface area contributed by atoms with Crippen molar-refractivity contribution in [1.29, 1.82) is 0 Å². The molecule has 1 amide bonds. The van der Waals surface area contributed by atoms with Crippen molar-refractivity contribution < 1.29 is 19.4 Å². The van der Waals surface area contributed by atoms with Gasteiger partial charge in [0.25, 0.3) is 5.91 Å². The number of aromatic hydroxyl groups is 1. The molecule has 1 aromatic rings. The molecule has 0 bridgehead atoms. The number of carbonyl (C=O) groups excluding carboxylic acids is 1. The average molecular weight is 223 g/mol. The molecule has 0 spiro atoms. The second-order valence-corrected chi connectivity index (χ2v) is 3.59. The summed E-state index contributed by atoms with van der Waals surface area (Å²) < 4.78 is 9.84. The highest BCUT2D eigenvalue weighted by atomic mass is 16.5. The van der Waals surface area contributed by atoms with Crippen molar-refractivity contribution in [2.45, 2.75) is 6.04 Å². The first-order valence-electron chi connectivity index (χ1n) is 4.96. The van der Waals surface area contributed by atoms with E-state index in [1.54, 1.807) is 12.1 Å². The maximum atomic E-state index is 11.7. The molecule has 86 valence electrons. The van der Waals surface area contributed by atoms with Gasteiger partial charge in [0.1, 0.15) is 0 Å². The van der Waals surface area contributed by atoms with Crippen LogP contribution in [0.5, 0.6) is 11.5 Å². The van der Waals surface area contributed by atoms with Crippen LogP contribution in [0.1, 0.15) is 10.4 Å². The van der Waals surface area contributed by atoms with E-state index in [4.69, 9.17) is 9.47 Å². The molecule has 1 fully saturated rings. The Labute approximate surface area is 93.0 Å². The molecule has 1 aliphatic heterocycles. The van der Waals surface area contributed by atoms with Gasteiger partial charge in [-0.05, 0) is 18.2 Å². The van der Waals surface area contributed by atoms with Gasteiger partial charge in [-0.2, -0.15) is 0 Å². The van der Waals surface area contributed by atoms with E-state index in [9.17, 15) is 9.90 Å². The van der Waals surface area contributed by atoms with E-state index < -0.39 is 0 Å². The van der Waals surface area contributed by atoms with Crippen molar-refractivity contribution >= 4 is 5.91 Å². The van der Waals surface area contributed by atoms with Gasteiger partial charge >= 0.3 is 0 Å². The molecule has 1 aromatic carbocycles. The molecular weight excluding hydrogens is 210 g/mol. The third-order valence-corrected chi connectivity index (χ3v) is 2.41.